The fourth-order valence-electron chi connectivity index (χ4n) is 1.54. The van der Waals surface area contributed by atoms with Crippen molar-refractivity contribution in [3.63, 3.8) is 0 Å². The van der Waals surface area contributed by atoms with Crippen molar-refractivity contribution in [3.8, 4) is 5.75 Å². The average Bonchev–Trinajstić information content (AvgIpc) is 2.30. The van der Waals surface area contributed by atoms with Gasteiger partial charge in [0.25, 0.3) is 5.91 Å². The van der Waals surface area contributed by atoms with Crippen LogP contribution in [0.1, 0.15) is 17.5 Å². The van der Waals surface area contributed by atoms with Crippen LogP contribution in [-0.4, -0.2) is 12.5 Å². The summed E-state index contributed by atoms with van der Waals surface area (Å²) in [6.07, 6.45) is 0. The van der Waals surface area contributed by atoms with Crippen LogP contribution in [0.15, 0.2) is 33.5 Å². The number of primary amides is 1. The van der Waals surface area contributed by atoms with Crippen LogP contribution in [0.5, 0.6) is 5.75 Å². The molecule has 0 saturated heterocycles. The van der Waals surface area contributed by atoms with Crippen LogP contribution >= 0.6 is 0 Å². The zero-order valence-electron chi connectivity index (χ0n) is 9.23. The maximum atomic E-state index is 11.7. The van der Waals surface area contributed by atoms with E-state index in [2.05, 4.69) is 0 Å². The average molecular weight is 233 g/mol. The molecule has 5 heteroatoms. The van der Waals surface area contributed by atoms with E-state index in [0.717, 1.165) is 6.07 Å². The predicted molar refractivity (Wildman–Crippen MR) is 62.2 cm³/mol. The number of para-hydroxylation sites is 1. The van der Waals surface area contributed by atoms with Gasteiger partial charge in [-0.15, -0.1) is 0 Å². The van der Waals surface area contributed by atoms with Crippen molar-refractivity contribution in [2.45, 2.75) is 6.92 Å². The molecule has 0 radical (unpaired) electrons. The lowest BCUT2D eigenvalue weighted by atomic mass is 10.2. The summed E-state index contributed by atoms with van der Waals surface area (Å²) < 4.78 is 10.6. The number of amides is 1. The second-order valence-electron chi connectivity index (χ2n) is 3.40. The van der Waals surface area contributed by atoms with Gasteiger partial charge in [0.05, 0.1) is 12.0 Å². The molecule has 1 aromatic carbocycles. The SMILES string of the molecule is CCOc1cccc2c(=O)cc(C(N)=O)oc12. The van der Waals surface area contributed by atoms with Crippen LogP contribution in [0.2, 0.25) is 0 Å². The monoisotopic (exact) mass is 233 g/mol. The van der Waals surface area contributed by atoms with E-state index >= 15 is 0 Å². The van der Waals surface area contributed by atoms with Gasteiger partial charge in [-0.2, -0.15) is 0 Å². The summed E-state index contributed by atoms with van der Waals surface area (Å²) in [5, 5.41) is 0.362. The van der Waals surface area contributed by atoms with Crippen molar-refractivity contribution in [1.29, 1.82) is 0 Å². The van der Waals surface area contributed by atoms with E-state index in [9.17, 15) is 9.59 Å². The third kappa shape index (κ3) is 1.99. The van der Waals surface area contributed by atoms with Crippen LogP contribution in [0, 0.1) is 0 Å². The summed E-state index contributed by atoms with van der Waals surface area (Å²) in [5.74, 6) is -0.532. The third-order valence-electron chi connectivity index (χ3n) is 2.26. The number of carbonyl (C=O) groups excluding carboxylic acids is 1. The molecule has 1 aromatic heterocycles. The Labute approximate surface area is 96.8 Å². The second-order valence-corrected chi connectivity index (χ2v) is 3.40. The van der Waals surface area contributed by atoms with Gasteiger partial charge >= 0.3 is 0 Å². The van der Waals surface area contributed by atoms with E-state index in [-0.39, 0.29) is 16.8 Å². The summed E-state index contributed by atoms with van der Waals surface area (Å²) >= 11 is 0. The van der Waals surface area contributed by atoms with Gasteiger partial charge in [-0.25, -0.2) is 0 Å². The molecule has 0 saturated carbocycles. The van der Waals surface area contributed by atoms with Crippen molar-refractivity contribution in [2.75, 3.05) is 6.61 Å². The number of fused-ring (bicyclic) bond motifs is 1. The van der Waals surface area contributed by atoms with E-state index < -0.39 is 5.91 Å². The third-order valence-corrected chi connectivity index (χ3v) is 2.26. The first-order chi connectivity index (χ1) is 8.13. The molecule has 2 aromatic rings. The lowest BCUT2D eigenvalue weighted by molar-refractivity contribution is 0.0974. The van der Waals surface area contributed by atoms with Crippen LogP contribution < -0.4 is 15.9 Å². The minimum atomic E-state index is -0.782. The minimum Gasteiger partial charge on any atom is -0.490 e. The smallest absolute Gasteiger partial charge is 0.284 e. The minimum absolute atomic E-state index is 0.172. The molecule has 0 aliphatic rings. The van der Waals surface area contributed by atoms with Crippen LogP contribution in [0.3, 0.4) is 0 Å². The largest absolute Gasteiger partial charge is 0.490 e. The maximum Gasteiger partial charge on any atom is 0.284 e. The molecule has 0 aliphatic heterocycles. The Hall–Kier alpha value is -2.30. The Balaban J connectivity index is 2.78. The Morgan fingerprint density at radius 3 is 2.88 bits per heavy atom. The Morgan fingerprint density at radius 2 is 2.24 bits per heavy atom. The number of hydrogen-bond donors (Lipinski definition) is 1. The zero-order valence-corrected chi connectivity index (χ0v) is 9.23. The molecule has 1 amide bonds. The first-order valence-corrected chi connectivity index (χ1v) is 5.13. The number of ether oxygens (including phenoxy) is 1. The van der Waals surface area contributed by atoms with Gasteiger partial charge in [0.1, 0.15) is 0 Å². The Bertz CT molecular complexity index is 630. The summed E-state index contributed by atoms with van der Waals surface area (Å²) in [6.45, 7) is 2.25. The number of carbonyl (C=O) groups is 1. The number of benzene rings is 1. The van der Waals surface area contributed by atoms with Crippen molar-refractivity contribution < 1.29 is 13.9 Å². The molecule has 0 unspecified atom stereocenters. The van der Waals surface area contributed by atoms with E-state index in [4.69, 9.17) is 14.9 Å². The Morgan fingerprint density at radius 1 is 1.47 bits per heavy atom. The van der Waals surface area contributed by atoms with Crippen molar-refractivity contribution in [3.05, 3.63) is 40.2 Å². The highest BCUT2D eigenvalue weighted by Gasteiger charge is 2.12. The zero-order chi connectivity index (χ0) is 12.4. The fraction of sp³-hybridized carbons (Fsp3) is 0.167. The standard InChI is InChI=1S/C12H11NO4/c1-2-16-9-5-3-4-7-8(14)6-10(12(13)15)17-11(7)9/h3-6H,2H2,1H3,(H2,13,15). The van der Waals surface area contributed by atoms with E-state index in [1.54, 1.807) is 18.2 Å². The molecule has 88 valence electrons. The van der Waals surface area contributed by atoms with Gasteiger partial charge in [-0.1, -0.05) is 6.07 Å². The topological polar surface area (TPSA) is 82.5 Å². The highest BCUT2D eigenvalue weighted by molar-refractivity contribution is 5.92. The summed E-state index contributed by atoms with van der Waals surface area (Å²) in [7, 11) is 0. The molecule has 0 atom stereocenters. The molecule has 2 rings (SSSR count). The molecule has 17 heavy (non-hydrogen) atoms. The number of nitrogens with two attached hydrogens (primary N) is 1. The molecule has 0 aliphatic carbocycles. The molecule has 2 N–H and O–H groups in total. The summed E-state index contributed by atoms with van der Waals surface area (Å²) in [4.78, 5) is 22.8. The van der Waals surface area contributed by atoms with E-state index in [1.165, 1.54) is 0 Å². The first kappa shape index (κ1) is 11.2. The maximum absolute atomic E-state index is 11.7. The molecule has 0 fully saturated rings. The number of rotatable bonds is 3. The van der Waals surface area contributed by atoms with Crippen LogP contribution in [0.4, 0.5) is 0 Å². The lowest BCUT2D eigenvalue weighted by Gasteiger charge is -2.06. The second kappa shape index (κ2) is 4.29. The van der Waals surface area contributed by atoms with Crippen molar-refractivity contribution in [2.24, 2.45) is 5.73 Å². The molecule has 1 heterocycles. The quantitative estimate of drug-likeness (QED) is 0.865. The fourth-order valence-corrected chi connectivity index (χ4v) is 1.54. The highest BCUT2D eigenvalue weighted by Crippen LogP contribution is 2.24. The van der Waals surface area contributed by atoms with E-state index in [0.29, 0.717) is 17.7 Å². The summed E-state index contributed by atoms with van der Waals surface area (Å²) in [5.41, 5.74) is 5.01. The lowest BCUT2D eigenvalue weighted by Crippen LogP contribution is -2.14. The van der Waals surface area contributed by atoms with Gasteiger partial charge in [-0.3, -0.25) is 9.59 Å². The van der Waals surface area contributed by atoms with Gasteiger partial charge < -0.3 is 14.9 Å². The Kier molecular flexibility index (Phi) is 2.82. The van der Waals surface area contributed by atoms with Gasteiger partial charge in [-0.05, 0) is 19.1 Å². The van der Waals surface area contributed by atoms with Crippen LogP contribution in [-0.2, 0) is 0 Å². The molecule has 0 spiro atoms. The summed E-state index contributed by atoms with van der Waals surface area (Å²) in [6, 6.07) is 6.04. The first-order valence-electron chi connectivity index (χ1n) is 5.13. The predicted octanol–water partition coefficient (Wildman–Crippen LogP) is 1.29. The van der Waals surface area contributed by atoms with Gasteiger partial charge in [0, 0.05) is 6.07 Å². The van der Waals surface area contributed by atoms with Gasteiger partial charge in [0.2, 0.25) is 0 Å². The number of hydrogen-bond acceptors (Lipinski definition) is 4. The molecular weight excluding hydrogens is 222 g/mol. The molecule has 5 nitrogen and oxygen atoms in total. The van der Waals surface area contributed by atoms with Crippen molar-refractivity contribution in [1.82, 2.24) is 0 Å². The molecule has 0 bridgehead atoms. The highest BCUT2D eigenvalue weighted by atomic mass is 16.5. The van der Waals surface area contributed by atoms with Crippen LogP contribution in [0.25, 0.3) is 11.0 Å². The van der Waals surface area contributed by atoms with Crippen molar-refractivity contribution >= 4 is 16.9 Å². The van der Waals surface area contributed by atoms with E-state index in [1.807, 2.05) is 6.92 Å². The normalized spacial score (nSPS) is 10.4. The molecular formula is C12H11NO4. The van der Waals surface area contributed by atoms with Gasteiger partial charge in [0.15, 0.2) is 22.5 Å².